The van der Waals surface area contributed by atoms with Crippen molar-refractivity contribution in [2.24, 2.45) is 0 Å². The molecule has 0 aliphatic carbocycles. The van der Waals surface area contributed by atoms with Gasteiger partial charge in [-0.2, -0.15) is 5.26 Å². The van der Waals surface area contributed by atoms with Crippen LogP contribution in [0.15, 0.2) is 60.7 Å². The van der Waals surface area contributed by atoms with Gasteiger partial charge in [0.05, 0.1) is 0 Å². The van der Waals surface area contributed by atoms with Gasteiger partial charge in [0.2, 0.25) is 0 Å². The zero-order chi connectivity index (χ0) is 18.9. The molecule has 1 amide bonds. The van der Waals surface area contributed by atoms with Gasteiger partial charge in [-0.05, 0) is 42.3 Å². The number of hydrogen-bond acceptors (Lipinski definition) is 3. The highest BCUT2D eigenvalue weighted by atomic mass is 35.5. The summed E-state index contributed by atoms with van der Waals surface area (Å²) in [7, 11) is 0. The molecule has 2 rings (SSSR count). The summed E-state index contributed by atoms with van der Waals surface area (Å²) in [6.45, 7) is 5.92. The number of nitriles is 1. The molecule has 0 saturated carbocycles. The number of hydrogen-bond donors (Lipinski definition) is 1. The lowest BCUT2D eigenvalue weighted by atomic mass is 10.1. The molecule has 4 nitrogen and oxygen atoms in total. The zero-order valence-electron chi connectivity index (χ0n) is 14.5. The van der Waals surface area contributed by atoms with Crippen LogP contribution in [0.5, 0.6) is 5.75 Å². The molecule has 0 radical (unpaired) electrons. The van der Waals surface area contributed by atoms with E-state index in [1.165, 1.54) is 6.08 Å². The van der Waals surface area contributed by atoms with Crippen molar-refractivity contribution < 1.29 is 9.53 Å². The van der Waals surface area contributed by atoms with Gasteiger partial charge in [0.1, 0.15) is 24.0 Å². The van der Waals surface area contributed by atoms with E-state index < -0.39 is 5.91 Å². The molecule has 0 fully saturated rings. The Balaban J connectivity index is 2.32. The number of carbonyl (C=O) groups excluding carboxylic acids is 1. The Labute approximate surface area is 158 Å². The lowest BCUT2D eigenvalue weighted by molar-refractivity contribution is -0.112. The Hall–Kier alpha value is -3.03. The van der Waals surface area contributed by atoms with Gasteiger partial charge in [-0.1, -0.05) is 49.4 Å². The fourth-order valence-corrected chi connectivity index (χ4v) is 2.54. The fourth-order valence-electron chi connectivity index (χ4n) is 2.36. The highest BCUT2D eigenvalue weighted by Crippen LogP contribution is 2.26. The minimum Gasteiger partial charge on any atom is -0.489 e. The number of halogens is 1. The van der Waals surface area contributed by atoms with Crippen LogP contribution in [0.25, 0.3) is 6.08 Å². The number of benzene rings is 2. The molecular weight excluding hydrogens is 348 g/mol. The molecule has 0 aromatic heterocycles. The van der Waals surface area contributed by atoms with Crippen molar-refractivity contribution in [2.45, 2.75) is 13.3 Å². The number of para-hydroxylation sites is 1. The molecule has 0 bridgehead atoms. The highest BCUT2D eigenvalue weighted by molar-refractivity contribution is 6.30. The number of amides is 1. The van der Waals surface area contributed by atoms with Gasteiger partial charge < -0.3 is 10.1 Å². The van der Waals surface area contributed by atoms with E-state index in [4.69, 9.17) is 16.3 Å². The summed E-state index contributed by atoms with van der Waals surface area (Å²) in [6, 6.07) is 14.4. The Kier molecular flexibility index (Phi) is 7.02. The van der Waals surface area contributed by atoms with E-state index >= 15 is 0 Å². The third-order valence-corrected chi connectivity index (χ3v) is 3.88. The topological polar surface area (TPSA) is 62.1 Å². The number of nitrogens with zero attached hydrogens (tertiary/aromatic N) is 1. The summed E-state index contributed by atoms with van der Waals surface area (Å²) in [5.41, 5.74) is 2.20. The molecule has 5 heteroatoms. The van der Waals surface area contributed by atoms with Crippen molar-refractivity contribution in [3.8, 4) is 11.8 Å². The molecule has 0 unspecified atom stereocenters. The van der Waals surface area contributed by atoms with Crippen LogP contribution in [0, 0.1) is 11.3 Å². The van der Waals surface area contributed by atoms with Gasteiger partial charge in [0.25, 0.3) is 5.91 Å². The lowest BCUT2D eigenvalue weighted by Gasteiger charge is -2.10. The maximum atomic E-state index is 12.5. The van der Waals surface area contributed by atoms with Gasteiger partial charge >= 0.3 is 0 Å². The van der Waals surface area contributed by atoms with Crippen molar-refractivity contribution in [1.82, 2.24) is 0 Å². The van der Waals surface area contributed by atoms with Gasteiger partial charge in [-0.15, -0.1) is 0 Å². The van der Waals surface area contributed by atoms with Crippen molar-refractivity contribution >= 4 is 29.3 Å². The third-order valence-electron chi connectivity index (χ3n) is 3.64. The minimum absolute atomic E-state index is 0.0402. The van der Waals surface area contributed by atoms with Crippen LogP contribution < -0.4 is 10.1 Å². The summed E-state index contributed by atoms with van der Waals surface area (Å²) < 4.78 is 5.56. The van der Waals surface area contributed by atoms with E-state index in [1.54, 1.807) is 24.3 Å². The Morgan fingerprint density at radius 1 is 1.35 bits per heavy atom. The SMILES string of the molecule is C=CCOc1ccc(Cl)cc1/C=C(\C#N)C(=O)Nc1ccccc1CC. The van der Waals surface area contributed by atoms with E-state index in [0.717, 1.165) is 12.0 Å². The minimum atomic E-state index is -0.483. The fraction of sp³-hybridized carbons (Fsp3) is 0.143. The average Bonchev–Trinajstić information content (AvgIpc) is 2.65. The van der Waals surface area contributed by atoms with Crippen molar-refractivity contribution in [3.63, 3.8) is 0 Å². The number of ether oxygens (including phenoxy) is 1. The molecule has 26 heavy (non-hydrogen) atoms. The second kappa shape index (κ2) is 9.45. The van der Waals surface area contributed by atoms with E-state index in [-0.39, 0.29) is 5.57 Å². The second-order valence-corrected chi connectivity index (χ2v) is 5.85. The summed E-state index contributed by atoms with van der Waals surface area (Å²) >= 11 is 6.04. The molecule has 0 atom stereocenters. The first-order valence-corrected chi connectivity index (χ1v) is 8.51. The zero-order valence-corrected chi connectivity index (χ0v) is 15.2. The predicted octanol–water partition coefficient (Wildman–Crippen LogP) is 5.01. The molecule has 1 N–H and O–H groups in total. The molecular formula is C21H19ClN2O2. The van der Waals surface area contributed by atoms with E-state index in [9.17, 15) is 10.1 Å². The normalized spacial score (nSPS) is 10.7. The smallest absolute Gasteiger partial charge is 0.266 e. The van der Waals surface area contributed by atoms with Crippen LogP contribution >= 0.6 is 11.6 Å². The predicted molar refractivity (Wildman–Crippen MR) is 105 cm³/mol. The molecule has 132 valence electrons. The molecule has 0 heterocycles. The summed E-state index contributed by atoms with van der Waals surface area (Å²) in [5, 5.41) is 12.7. The summed E-state index contributed by atoms with van der Waals surface area (Å²) in [5.74, 6) is 0.0341. The van der Waals surface area contributed by atoms with Crippen LogP contribution in [0.1, 0.15) is 18.1 Å². The van der Waals surface area contributed by atoms with Crippen molar-refractivity contribution in [2.75, 3.05) is 11.9 Å². The summed E-state index contributed by atoms with van der Waals surface area (Å²) in [4.78, 5) is 12.5. The van der Waals surface area contributed by atoms with Crippen LogP contribution in [0.4, 0.5) is 5.69 Å². The van der Waals surface area contributed by atoms with Gasteiger partial charge in [-0.3, -0.25) is 4.79 Å². The monoisotopic (exact) mass is 366 g/mol. The number of nitrogens with one attached hydrogen (secondary N) is 1. The molecule has 2 aromatic rings. The maximum Gasteiger partial charge on any atom is 0.266 e. The second-order valence-electron chi connectivity index (χ2n) is 5.42. The van der Waals surface area contributed by atoms with Gasteiger partial charge in [0.15, 0.2) is 0 Å². The van der Waals surface area contributed by atoms with Crippen LogP contribution in [-0.2, 0) is 11.2 Å². The van der Waals surface area contributed by atoms with Gasteiger partial charge in [0, 0.05) is 16.3 Å². The number of carbonyl (C=O) groups is 1. The molecule has 0 aliphatic rings. The lowest BCUT2D eigenvalue weighted by Crippen LogP contribution is -2.14. The Morgan fingerprint density at radius 2 is 2.12 bits per heavy atom. The summed E-state index contributed by atoms with van der Waals surface area (Å²) in [6.07, 6.45) is 3.85. The molecule has 0 aliphatic heterocycles. The molecule has 0 spiro atoms. The highest BCUT2D eigenvalue weighted by Gasteiger charge is 2.13. The van der Waals surface area contributed by atoms with Crippen LogP contribution in [-0.4, -0.2) is 12.5 Å². The van der Waals surface area contributed by atoms with Crippen LogP contribution in [0.2, 0.25) is 5.02 Å². The maximum absolute atomic E-state index is 12.5. The first kappa shape index (κ1) is 19.3. The number of anilines is 1. The van der Waals surface area contributed by atoms with E-state index in [0.29, 0.717) is 28.6 Å². The van der Waals surface area contributed by atoms with E-state index in [1.807, 2.05) is 37.3 Å². The average molecular weight is 367 g/mol. The number of rotatable bonds is 7. The quantitative estimate of drug-likeness (QED) is 0.425. The van der Waals surface area contributed by atoms with Gasteiger partial charge in [-0.25, -0.2) is 0 Å². The Morgan fingerprint density at radius 3 is 2.81 bits per heavy atom. The van der Waals surface area contributed by atoms with Crippen molar-refractivity contribution in [3.05, 3.63) is 76.8 Å². The molecule has 2 aromatic carbocycles. The first-order chi connectivity index (χ1) is 12.6. The van der Waals surface area contributed by atoms with E-state index in [2.05, 4.69) is 11.9 Å². The standard InChI is InChI=1S/C21H19ClN2O2/c1-3-11-26-20-10-9-18(22)13-16(20)12-17(14-23)21(25)24-19-8-6-5-7-15(19)4-2/h3,5-10,12-13H,1,4,11H2,2H3,(H,24,25)/b17-12+. The van der Waals surface area contributed by atoms with Crippen molar-refractivity contribution in [1.29, 1.82) is 5.26 Å². The molecule has 0 saturated heterocycles. The van der Waals surface area contributed by atoms with Crippen LogP contribution in [0.3, 0.4) is 0 Å². The number of aryl methyl sites for hydroxylation is 1. The largest absolute Gasteiger partial charge is 0.489 e. The third kappa shape index (κ3) is 4.98. The Bertz CT molecular complexity index is 882. The first-order valence-electron chi connectivity index (χ1n) is 8.13.